The number of likely N-dealkylation sites (tertiary alicyclic amines) is 1. The van der Waals surface area contributed by atoms with Crippen LogP contribution in [0.4, 0.5) is 4.39 Å². The molecule has 4 nitrogen and oxygen atoms in total. The van der Waals surface area contributed by atoms with E-state index in [4.69, 9.17) is 0 Å². The van der Waals surface area contributed by atoms with Crippen LogP contribution in [0.2, 0.25) is 0 Å². The van der Waals surface area contributed by atoms with Crippen molar-refractivity contribution in [2.24, 2.45) is 0 Å². The average Bonchev–Trinajstić information content (AvgIpc) is 2.41. The smallest absolute Gasteiger partial charge is 0.255 e. The van der Waals surface area contributed by atoms with Crippen LogP contribution in [0.25, 0.3) is 0 Å². The van der Waals surface area contributed by atoms with Crippen molar-refractivity contribution in [3.05, 3.63) is 34.1 Å². The molecular weight excluding hydrogens is 327 g/mol. The van der Waals surface area contributed by atoms with Crippen molar-refractivity contribution < 1.29 is 14.0 Å². The SMILES string of the molecule is CC(=O)NC1CCCN(C(=O)c2cccc(F)c2Br)C1. The molecule has 6 heteroatoms. The third-order valence-corrected chi connectivity index (χ3v) is 4.10. The zero-order chi connectivity index (χ0) is 14.7. The van der Waals surface area contributed by atoms with Gasteiger partial charge in [0.2, 0.25) is 5.91 Å². The fourth-order valence-electron chi connectivity index (χ4n) is 2.41. The first-order valence-corrected chi connectivity index (χ1v) is 7.28. The molecule has 0 aromatic heterocycles. The highest BCUT2D eigenvalue weighted by Gasteiger charge is 2.26. The minimum Gasteiger partial charge on any atom is -0.352 e. The second-order valence-electron chi connectivity index (χ2n) is 4.89. The Morgan fingerprint density at radius 2 is 2.20 bits per heavy atom. The lowest BCUT2D eigenvalue weighted by atomic mass is 10.0. The maximum Gasteiger partial charge on any atom is 0.255 e. The van der Waals surface area contributed by atoms with Gasteiger partial charge in [0.25, 0.3) is 5.91 Å². The molecule has 0 saturated carbocycles. The molecule has 1 aromatic carbocycles. The van der Waals surface area contributed by atoms with Crippen molar-refractivity contribution in [3.63, 3.8) is 0 Å². The quantitative estimate of drug-likeness (QED) is 0.896. The van der Waals surface area contributed by atoms with Gasteiger partial charge in [-0.3, -0.25) is 9.59 Å². The van der Waals surface area contributed by atoms with Gasteiger partial charge in [0.05, 0.1) is 10.0 Å². The first kappa shape index (κ1) is 15.0. The minimum atomic E-state index is -0.453. The third kappa shape index (κ3) is 3.36. The van der Waals surface area contributed by atoms with Gasteiger partial charge in [0.1, 0.15) is 5.82 Å². The molecular formula is C14H16BrFN2O2. The number of piperidine rings is 1. The van der Waals surface area contributed by atoms with Crippen LogP contribution in [-0.2, 0) is 4.79 Å². The molecule has 0 spiro atoms. The number of nitrogens with one attached hydrogen (secondary N) is 1. The van der Waals surface area contributed by atoms with Crippen LogP contribution < -0.4 is 5.32 Å². The Labute approximate surface area is 125 Å². The van der Waals surface area contributed by atoms with E-state index in [-0.39, 0.29) is 22.3 Å². The Hall–Kier alpha value is -1.43. The molecule has 2 amide bonds. The lowest BCUT2D eigenvalue weighted by Crippen LogP contribution is -2.49. The summed E-state index contributed by atoms with van der Waals surface area (Å²) in [5.41, 5.74) is 0.313. The van der Waals surface area contributed by atoms with Crippen molar-refractivity contribution in [2.75, 3.05) is 13.1 Å². The predicted molar refractivity (Wildman–Crippen MR) is 76.8 cm³/mol. The predicted octanol–water partition coefficient (Wildman–Crippen LogP) is 2.33. The van der Waals surface area contributed by atoms with E-state index in [0.29, 0.717) is 18.7 Å². The van der Waals surface area contributed by atoms with E-state index in [2.05, 4.69) is 21.2 Å². The van der Waals surface area contributed by atoms with Gasteiger partial charge in [-0.2, -0.15) is 0 Å². The fourth-order valence-corrected chi connectivity index (χ4v) is 2.84. The first-order chi connectivity index (χ1) is 9.49. The van der Waals surface area contributed by atoms with Gasteiger partial charge in [-0.05, 0) is 40.9 Å². The molecule has 1 aliphatic rings. The molecule has 1 fully saturated rings. The van der Waals surface area contributed by atoms with Gasteiger partial charge in [-0.15, -0.1) is 0 Å². The number of benzene rings is 1. The van der Waals surface area contributed by atoms with Crippen LogP contribution in [0, 0.1) is 5.82 Å². The first-order valence-electron chi connectivity index (χ1n) is 6.49. The molecule has 1 heterocycles. The van der Waals surface area contributed by atoms with E-state index in [0.717, 1.165) is 12.8 Å². The number of hydrogen-bond donors (Lipinski definition) is 1. The molecule has 0 bridgehead atoms. The second-order valence-corrected chi connectivity index (χ2v) is 5.69. The summed E-state index contributed by atoms with van der Waals surface area (Å²) in [6, 6.07) is 4.38. The Morgan fingerprint density at radius 1 is 1.45 bits per heavy atom. The molecule has 0 radical (unpaired) electrons. The Bertz CT molecular complexity index is 536. The molecule has 108 valence electrons. The van der Waals surface area contributed by atoms with Gasteiger partial charge >= 0.3 is 0 Å². The highest BCUT2D eigenvalue weighted by atomic mass is 79.9. The van der Waals surface area contributed by atoms with E-state index >= 15 is 0 Å². The molecule has 2 rings (SSSR count). The lowest BCUT2D eigenvalue weighted by molar-refractivity contribution is -0.120. The van der Waals surface area contributed by atoms with Crippen LogP contribution in [0.3, 0.4) is 0 Å². The normalized spacial score (nSPS) is 18.8. The standard InChI is InChI=1S/C14H16BrFN2O2/c1-9(19)17-10-4-3-7-18(8-10)14(20)11-5-2-6-12(16)13(11)15/h2,5-6,10H,3-4,7-8H2,1H3,(H,17,19). The van der Waals surface area contributed by atoms with Crippen LogP contribution in [-0.4, -0.2) is 35.8 Å². The molecule has 0 aliphatic carbocycles. The summed E-state index contributed by atoms with van der Waals surface area (Å²) in [5, 5.41) is 2.83. The van der Waals surface area contributed by atoms with E-state index < -0.39 is 5.82 Å². The summed E-state index contributed by atoms with van der Waals surface area (Å²) in [7, 11) is 0. The fraction of sp³-hybridized carbons (Fsp3) is 0.429. The Kier molecular flexibility index (Phi) is 4.75. The maximum atomic E-state index is 13.5. The van der Waals surface area contributed by atoms with Crippen LogP contribution in [0.15, 0.2) is 22.7 Å². The number of rotatable bonds is 2. The maximum absolute atomic E-state index is 13.5. The molecule has 1 aliphatic heterocycles. The van der Waals surface area contributed by atoms with Gasteiger partial charge in [-0.25, -0.2) is 4.39 Å². The highest BCUT2D eigenvalue weighted by Crippen LogP contribution is 2.23. The van der Waals surface area contributed by atoms with Crippen LogP contribution >= 0.6 is 15.9 Å². The summed E-state index contributed by atoms with van der Waals surface area (Å²) in [4.78, 5) is 25.2. The van der Waals surface area contributed by atoms with Gasteiger partial charge in [-0.1, -0.05) is 6.07 Å². The topological polar surface area (TPSA) is 49.4 Å². The van der Waals surface area contributed by atoms with Crippen LogP contribution in [0.5, 0.6) is 0 Å². The summed E-state index contributed by atoms with van der Waals surface area (Å²) in [6.07, 6.45) is 1.68. The van der Waals surface area contributed by atoms with Gasteiger partial charge in [0, 0.05) is 26.1 Å². The molecule has 1 atom stereocenters. The lowest BCUT2D eigenvalue weighted by Gasteiger charge is -2.33. The van der Waals surface area contributed by atoms with E-state index in [9.17, 15) is 14.0 Å². The van der Waals surface area contributed by atoms with Crippen molar-refractivity contribution >= 4 is 27.7 Å². The average molecular weight is 343 g/mol. The summed E-state index contributed by atoms with van der Waals surface area (Å²) in [5.74, 6) is -0.770. The number of nitrogens with zero attached hydrogens (tertiary/aromatic N) is 1. The highest BCUT2D eigenvalue weighted by molar-refractivity contribution is 9.10. The van der Waals surface area contributed by atoms with Crippen molar-refractivity contribution in [2.45, 2.75) is 25.8 Å². The van der Waals surface area contributed by atoms with E-state index in [1.54, 1.807) is 11.0 Å². The van der Waals surface area contributed by atoms with Gasteiger partial charge in [0.15, 0.2) is 0 Å². The third-order valence-electron chi connectivity index (χ3n) is 3.30. The number of amides is 2. The van der Waals surface area contributed by atoms with E-state index in [1.165, 1.54) is 19.1 Å². The number of carbonyl (C=O) groups excluding carboxylic acids is 2. The molecule has 1 N–H and O–H groups in total. The summed E-state index contributed by atoms with van der Waals surface area (Å²) < 4.78 is 13.7. The molecule has 1 aromatic rings. The zero-order valence-electron chi connectivity index (χ0n) is 11.2. The number of hydrogen-bond acceptors (Lipinski definition) is 2. The molecule has 1 unspecified atom stereocenters. The molecule has 20 heavy (non-hydrogen) atoms. The summed E-state index contributed by atoms with van der Waals surface area (Å²) >= 11 is 3.11. The Morgan fingerprint density at radius 3 is 2.90 bits per heavy atom. The zero-order valence-corrected chi connectivity index (χ0v) is 12.7. The van der Waals surface area contributed by atoms with Crippen molar-refractivity contribution in [1.29, 1.82) is 0 Å². The van der Waals surface area contributed by atoms with E-state index in [1.807, 2.05) is 0 Å². The summed E-state index contributed by atoms with van der Waals surface area (Å²) in [6.45, 7) is 2.54. The van der Waals surface area contributed by atoms with Crippen LogP contribution in [0.1, 0.15) is 30.1 Å². The number of halogens is 2. The second kappa shape index (κ2) is 6.35. The molecule has 1 saturated heterocycles. The Balaban J connectivity index is 2.12. The van der Waals surface area contributed by atoms with Crippen molar-refractivity contribution in [1.82, 2.24) is 10.2 Å². The van der Waals surface area contributed by atoms with Gasteiger partial charge < -0.3 is 10.2 Å². The van der Waals surface area contributed by atoms with Crippen molar-refractivity contribution in [3.8, 4) is 0 Å². The monoisotopic (exact) mass is 342 g/mol. The largest absolute Gasteiger partial charge is 0.352 e. The minimum absolute atomic E-state index is 0.0301. The number of carbonyl (C=O) groups is 2.